The zero-order valence-corrected chi connectivity index (χ0v) is 12.8. The van der Waals surface area contributed by atoms with Gasteiger partial charge in [-0.2, -0.15) is 13.2 Å². The number of nitrogens with one attached hydrogen (secondary N) is 1. The molecule has 2 rings (SSSR count). The van der Waals surface area contributed by atoms with Crippen LogP contribution in [0.25, 0.3) is 0 Å². The molecule has 1 saturated heterocycles. The highest BCUT2D eigenvalue weighted by atomic mass is 35.5. The Labute approximate surface area is 127 Å². The Morgan fingerprint density at radius 3 is 2.76 bits per heavy atom. The van der Waals surface area contributed by atoms with Gasteiger partial charge in [0.1, 0.15) is 5.82 Å². The first-order chi connectivity index (χ1) is 9.79. The molecule has 0 spiro atoms. The lowest BCUT2D eigenvalue weighted by Crippen LogP contribution is -2.40. The van der Waals surface area contributed by atoms with Gasteiger partial charge >= 0.3 is 6.18 Å². The van der Waals surface area contributed by atoms with Crippen molar-refractivity contribution in [3.05, 3.63) is 22.8 Å². The van der Waals surface area contributed by atoms with Gasteiger partial charge in [0.25, 0.3) is 0 Å². The fourth-order valence-corrected chi connectivity index (χ4v) is 2.77. The van der Waals surface area contributed by atoms with Crippen molar-refractivity contribution in [1.29, 1.82) is 0 Å². The number of alkyl halides is 3. The van der Waals surface area contributed by atoms with E-state index in [0.717, 1.165) is 38.2 Å². The van der Waals surface area contributed by atoms with Gasteiger partial charge in [0.15, 0.2) is 0 Å². The van der Waals surface area contributed by atoms with Gasteiger partial charge in [0, 0.05) is 31.4 Å². The Bertz CT molecular complexity index is 491. The molecule has 7 heteroatoms. The van der Waals surface area contributed by atoms with E-state index in [4.69, 9.17) is 11.6 Å². The lowest BCUT2D eigenvalue weighted by Gasteiger charge is -2.27. The van der Waals surface area contributed by atoms with Crippen molar-refractivity contribution >= 4 is 17.4 Å². The molecule has 1 fully saturated rings. The maximum Gasteiger partial charge on any atom is 0.417 e. The lowest BCUT2D eigenvalue weighted by molar-refractivity contribution is -0.137. The van der Waals surface area contributed by atoms with Gasteiger partial charge in [0.05, 0.1) is 10.6 Å². The van der Waals surface area contributed by atoms with Crippen LogP contribution in [-0.4, -0.2) is 30.2 Å². The summed E-state index contributed by atoms with van der Waals surface area (Å²) in [6.45, 7) is 5.66. The van der Waals surface area contributed by atoms with E-state index < -0.39 is 11.7 Å². The highest BCUT2D eigenvalue weighted by Crippen LogP contribution is 2.35. The van der Waals surface area contributed by atoms with Crippen molar-refractivity contribution in [1.82, 2.24) is 10.3 Å². The number of anilines is 1. The SMILES string of the molecule is CC(C)NCC1CCCN1c1ncc(C(F)(F)F)cc1Cl. The Kier molecular flexibility index (Phi) is 4.99. The quantitative estimate of drug-likeness (QED) is 0.916. The molecule has 1 aromatic rings. The van der Waals surface area contributed by atoms with E-state index in [1.165, 1.54) is 0 Å². The molecule has 0 aromatic carbocycles. The smallest absolute Gasteiger partial charge is 0.351 e. The van der Waals surface area contributed by atoms with Gasteiger partial charge in [-0.05, 0) is 18.9 Å². The zero-order valence-electron chi connectivity index (χ0n) is 12.0. The molecule has 1 unspecified atom stereocenters. The fraction of sp³-hybridized carbons (Fsp3) is 0.643. The summed E-state index contributed by atoms with van der Waals surface area (Å²) in [5.41, 5.74) is -0.813. The second-order valence-corrected chi connectivity index (χ2v) is 5.99. The topological polar surface area (TPSA) is 28.2 Å². The minimum absolute atomic E-state index is 0.0567. The average molecular weight is 322 g/mol. The van der Waals surface area contributed by atoms with E-state index in [2.05, 4.69) is 24.1 Å². The van der Waals surface area contributed by atoms with Crippen LogP contribution in [0.3, 0.4) is 0 Å². The summed E-state index contributed by atoms with van der Waals surface area (Å²) in [5.74, 6) is 0.442. The first-order valence-corrected chi connectivity index (χ1v) is 7.39. The maximum atomic E-state index is 12.6. The van der Waals surface area contributed by atoms with E-state index in [1.807, 2.05) is 4.90 Å². The molecule has 1 aliphatic rings. The predicted molar refractivity (Wildman–Crippen MR) is 77.8 cm³/mol. The molecule has 0 aliphatic carbocycles. The molecule has 0 radical (unpaired) electrons. The molecule has 1 aliphatic heterocycles. The van der Waals surface area contributed by atoms with Crippen molar-refractivity contribution in [3.8, 4) is 0 Å². The Morgan fingerprint density at radius 2 is 2.19 bits per heavy atom. The van der Waals surface area contributed by atoms with Crippen LogP contribution in [0.5, 0.6) is 0 Å². The van der Waals surface area contributed by atoms with Crippen molar-refractivity contribution in [2.45, 2.75) is 44.9 Å². The number of hydrogen-bond acceptors (Lipinski definition) is 3. The van der Waals surface area contributed by atoms with Crippen molar-refractivity contribution in [2.24, 2.45) is 0 Å². The number of halogens is 4. The summed E-state index contributed by atoms with van der Waals surface area (Å²) in [7, 11) is 0. The van der Waals surface area contributed by atoms with Crippen molar-refractivity contribution < 1.29 is 13.2 Å². The third-order valence-electron chi connectivity index (χ3n) is 3.56. The van der Waals surface area contributed by atoms with E-state index in [1.54, 1.807) is 0 Å². The van der Waals surface area contributed by atoms with E-state index in [-0.39, 0.29) is 11.1 Å². The predicted octanol–water partition coefficient (Wildman–Crippen LogP) is 3.72. The van der Waals surface area contributed by atoms with Crippen molar-refractivity contribution in [3.63, 3.8) is 0 Å². The van der Waals surface area contributed by atoms with Crippen molar-refractivity contribution in [2.75, 3.05) is 18.0 Å². The summed E-state index contributed by atoms with van der Waals surface area (Å²) in [6, 6.07) is 1.53. The molecule has 2 heterocycles. The molecule has 0 amide bonds. The summed E-state index contributed by atoms with van der Waals surface area (Å²) in [4.78, 5) is 5.95. The van der Waals surface area contributed by atoms with Gasteiger partial charge in [0.2, 0.25) is 0 Å². The molecule has 1 N–H and O–H groups in total. The Hall–Kier alpha value is -1.01. The first kappa shape index (κ1) is 16.4. The fourth-order valence-electron chi connectivity index (χ4n) is 2.50. The molecular weight excluding hydrogens is 303 g/mol. The first-order valence-electron chi connectivity index (χ1n) is 7.02. The highest BCUT2D eigenvalue weighted by Gasteiger charge is 2.33. The molecule has 3 nitrogen and oxygen atoms in total. The summed E-state index contributed by atoms with van der Waals surface area (Å²) in [5, 5.41) is 3.41. The normalized spacial score (nSPS) is 19.6. The number of nitrogens with zero attached hydrogens (tertiary/aromatic N) is 2. The monoisotopic (exact) mass is 321 g/mol. The summed E-state index contributed by atoms with van der Waals surface area (Å²) in [6.07, 6.45) is -1.59. The van der Waals surface area contributed by atoms with Crippen LogP contribution in [0.2, 0.25) is 5.02 Å². The largest absolute Gasteiger partial charge is 0.417 e. The summed E-state index contributed by atoms with van der Waals surface area (Å²) < 4.78 is 37.9. The molecule has 0 bridgehead atoms. The number of hydrogen-bond donors (Lipinski definition) is 1. The van der Waals surface area contributed by atoms with Gasteiger partial charge in [-0.15, -0.1) is 0 Å². The number of aromatic nitrogens is 1. The lowest BCUT2D eigenvalue weighted by atomic mass is 10.2. The third kappa shape index (κ3) is 4.01. The van der Waals surface area contributed by atoms with Crippen LogP contribution in [-0.2, 0) is 6.18 Å². The number of rotatable bonds is 4. The van der Waals surface area contributed by atoms with Gasteiger partial charge in [-0.3, -0.25) is 0 Å². The highest BCUT2D eigenvalue weighted by molar-refractivity contribution is 6.33. The van der Waals surface area contributed by atoms with Crippen LogP contribution < -0.4 is 10.2 Å². The van der Waals surface area contributed by atoms with E-state index in [9.17, 15) is 13.2 Å². The van der Waals surface area contributed by atoms with E-state index in [0.29, 0.717) is 11.9 Å². The van der Waals surface area contributed by atoms with Crippen LogP contribution >= 0.6 is 11.6 Å². The molecule has 21 heavy (non-hydrogen) atoms. The van der Waals surface area contributed by atoms with Gasteiger partial charge in [-0.1, -0.05) is 25.4 Å². The van der Waals surface area contributed by atoms with Crippen LogP contribution in [0.1, 0.15) is 32.3 Å². The molecule has 118 valence electrons. The minimum Gasteiger partial charge on any atom is -0.351 e. The van der Waals surface area contributed by atoms with E-state index >= 15 is 0 Å². The molecule has 1 aromatic heterocycles. The maximum absolute atomic E-state index is 12.6. The Balaban J connectivity index is 2.17. The molecule has 1 atom stereocenters. The van der Waals surface area contributed by atoms with Crippen LogP contribution in [0.4, 0.5) is 19.0 Å². The second-order valence-electron chi connectivity index (χ2n) is 5.58. The second kappa shape index (κ2) is 6.40. The molecular formula is C14H19ClF3N3. The van der Waals surface area contributed by atoms with Crippen LogP contribution in [0, 0.1) is 0 Å². The third-order valence-corrected chi connectivity index (χ3v) is 3.84. The van der Waals surface area contributed by atoms with Gasteiger partial charge < -0.3 is 10.2 Å². The minimum atomic E-state index is -4.42. The van der Waals surface area contributed by atoms with Gasteiger partial charge in [-0.25, -0.2) is 4.98 Å². The Morgan fingerprint density at radius 1 is 1.48 bits per heavy atom. The molecule has 0 saturated carbocycles. The zero-order chi connectivity index (χ0) is 15.6. The summed E-state index contributed by atoms with van der Waals surface area (Å²) >= 11 is 6.02. The standard InChI is InChI=1S/C14H19ClF3N3/c1-9(2)19-8-11-4-3-5-21(11)13-12(15)6-10(7-20-13)14(16,17)18/h6-7,9,11,19H,3-5,8H2,1-2H3. The average Bonchev–Trinajstić information content (AvgIpc) is 2.83. The van der Waals surface area contributed by atoms with Crippen LogP contribution in [0.15, 0.2) is 12.3 Å². The number of pyridine rings is 1.